The summed E-state index contributed by atoms with van der Waals surface area (Å²) >= 11 is 6.37. The van der Waals surface area contributed by atoms with Crippen molar-refractivity contribution in [3.8, 4) is 11.6 Å². The summed E-state index contributed by atoms with van der Waals surface area (Å²) in [6, 6.07) is 16.0. The van der Waals surface area contributed by atoms with Crippen LogP contribution in [0.1, 0.15) is 42.4 Å². The molecule has 0 atom stereocenters. The van der Waals surface area contributed by atoms with Crippen molar-refractivity contribution in [1.82, 2.24) is 9.97 Å². The highest BCUT2D eigenvalue weighted by atomic mass is 35.5. The molecule has 32 heavy (non-hydrogen) atoms. The highest BCUT2D eigenvalue weighted by Crippen LogP contribution is 2.32. The fourth-order valence-electron chi connectivity index (χ4n) is 3.90. The highest BCUT2D eigenvalue weighted by molar-refractivity contribution is 6.31. The average molecular weight is 470 g/mol. The highest BCUT2D eigenvalue weighted by Gasteiger charge is 2.15. The summed E-state index contributed by atoms with van der Waals surface area (Å²) in [7, 11) is 0. The first-order valence-corrected chi connectivity index (χ1v) is 10.9. The summed E-state index contributed by atoms with van der Waals surface area (Å²) in [5, 5.41) is 1.71. The van der Waals surface area contributed by atoms with Crippen LogP contribution in [0, 0.1) is 0 Å². The third-order valence-corrected chi connectivity index (χ3v) is 5.70. The zero-order chi connectivity index (χ0) is 21.5. The maximum Gasteiger partial charge on any atom is 0.174 e. The van der Waals surface area contributed by atoms with E-state index in [1.807, 2.05) is 30.3 Å². The van der Waals surface area contributed by atoms with Crippen LogP contribution in [0.2, 0.25) is 5.02 Å². The van der Waals surface area contributed by atoms with Crippen LogP contribution in [0.5, 0.6) is 0 Å². The molecule has 0 saturated heterocycles. The smallest absolute Gasteiger partial charge is 0.174 e. The SMILES string of the molecule is CC(C)c1cc2cc(Cl)cc(Cc3ccc(-c4nc5ccc(CCN)cc5[nH]4)o3)c2o1.Cl. The molecule has 3 aromatic heterocycles. The lowest BCUT2D eigenvalue weighted by molar-refractivity contribution is 0.512. The quantitative estimate of drug-likeness (QED) is 0.284. The van der Waals surface area contributed by atoms with E-state index in [9.17, 15) is 0 Å². The molecular formula is C25H25Cl2N3O2. The topological polar surface area (TPSA) is 81.0 Å². The molecule has 0 unspecified atom stereocenters. The number of fused-ring (bicyclic) bond motifs is 2. The number of benzene rings is 2. The Morgan fingerprint density at radius 2 is 1.91 bits per heavy atom. The minimum absolute atomic E-state index is 0. The van der Waals surface area contributed by atoms with Crippen molar-refractivity contribution in [3.63, 3.8) is 0 Å². The summed E-state index contributed by atoms with van der Waals surface area (Å²) in [5.41, 5.74) is 10.6. The van der Waals surface area contributed by atoms with E-state index in [2.05, 4.69) is 42.0 Å². The van der Waals surface area contributed by atoms with Crippen LogP contribution < -0.4 is 5.73 Å². The monoisotopic (exact) mass is 469 g/mol. The van der Waals surface area contributed by atoms with Gasteiger partial charge in [0.2, 0.25) is 0 Å². The molecule has 0 saturated carbocycles. The average Bonchev–Trinajstić information content (AvgIpc) is 3.45. The van der Waals surface area contributed by atoms with Gasteiger partial charge in [0, 0.05) is 28.3 Å². The van der Waals surface area contributed by atoms with Gasteiger partial charge in [0.25, 0.3) is 0 Å². The third-order valence-electron chi connectivity index (χ3n) is 5.49. The number of hydrogen-bond donors (Lipinski definition) is 2. The molecule has 166 valence electrons. The maximum absolute atomic E-state index is 6.37. The molecule has 0 fully saturated rings. The van der Waals surface area contributed by atoms with Crippen molar-refractivity contribution < 1.29 is 8.83 Å². The van der Waals surface area contributed by atoms with Gasteiger partial charge in [0.1, 0.15) is 17.1 Å². The van der Waals surface area contributed by atoms with E-state index in [0.29, 0.717) is 35.5 Å². The Bertz CT molecular complexity index is 1380. The Morgan fingerprint density at radius 1 is 1.06 bits per heavy atom. The third kappa shape index (κ3) is 4.29. The van der Waals surface area contributed by atoms with Crippen LogP contribution >= 0.6 is 24.0 Å². The van der Waals surface area contributed by atoms with E-state index in [0.717, 1.165) is 45.5 Å². The van der Waals surface area contributed by atoms with E-state index in [-0.39, 0.29) is 12.4 Å². The Hall–Kier alpha value is -2.73. The summed E-state index contributed by atoms with van der Waals surface area (Å²) < 4.78 is 12.2. The van der Waals surface area contributed by atoms with E-state index in [1.165, 1.54) is 5.56 Å². The Balaban J connectivity index is 0.00000245. The first-order valence-electron chi connectivity index (χ1n) is 10.5. The number of imidazole rings is 1. The van der Waals surface area contributed by atoms with Crippen LogP contribution in [0.4, 0.5) is 0 Å². The predicted molar refractivity (Wildman–Crippen MR) is 132 cm³/mol. The zero-order valence-corrected chi connectivity index (χ0v) is 19.5. The molecule has 5 nitrogen and oxygen atoms in total. The van der Waals surface area contributed by atoms with Gasteiger partial charge in [0.05, 0.1) is 11.0 Å². The molecule has 5 aromatic rings. The van der Waals surface area contributed by atoms with Crippen molar-refractivity contribution >= 4 is 46.0 Å². The van der Waals surface area contributed by atoms with Gasteiger partial charge in [-0.3, -0.25) is 0 Å². The van der Waals surface area contributed by atoms with Crippen LogP contribution in [-0.2, 0) is 12.8 Å². The van der Waals surface area contributed by atoms with E-state index < -0.39 is 0 Å². The number of halogens is 2. The number of nitrogens with zero attached hydrogens (tertiary/aromatic N) is 1. The van der Waals surface area contributed by atoms with Gasteiger partial charge in [-0.1, -0.05) is 31.5 Å². The van der Waals surface area contributed by atoms with Gasteiger partial charge < -0.3 is 19.6 Å². The van der Waals surface area contributed by atoms with E-state index in [1.54, 1.807) is 0 Å². The minimum atomic E-state index is 0. The van der Waals surface area contributed by atoms with Crippen molar-refractivity contribution in [2.45, 2.75) is 32.6 Å². The van der Waals surface area contributed by atoms with Crippen molar-refractivity contribution in [2.75, 3.05) is 6.54 Å². The number of furan rings is 2. The Labute approximate surface area is 197 Å². The van der Waals surface area contributed by atoms with Crippen molar-refractivity contribution in [3.05, 3.63) is 76.2 Å². The van der Waals surface area contributed by atoms with E-state index >= 15 is 0 Å². The van der Waals surface area contributed by atoms with Gasteiger partial charge >= 0.3 is 0 Å². The molecule has 0 aliphatic heterocycles. The minimum Gasteiger partial charge on any atom is -0.461 e. The van der Waals surface area contributed by atoms with Crippen molar-refractivity contribution in [2.24, 2.45) is 5.73 Å². The molecular weight excluding hydrogens is 445 g/mol. The molecule has 0 aliphatic rings. The molecule has 2 aromatic carbocycles. The lowest BCUT2D eigenvalue weighted by Crippen LogP contribution is -2.02. The number of aromatic nitrogens is 2. The lowest BCUT2D eigenvalue weighted by atomic mass is 10.1. The lowest BCUT2D eigenvalue weighted by Gasteiger charge is -2.02. The molecule has 0 spiro atoms. The molecule has 5 rings (SSSR count). The van der Waals surface area contributed by atoms with Crippen LogP contribution in [-0.4, -0.2) is 16.5 Å². The standard InChI is InChI=1S/C25H24ClN3O2.ClH/c1-14(2)23-13-17-11-18(26)10-16(24(17)31-23)12-19-4-6-22(30-19)25-28-20-5-3-15(7-8-27)9-21(20)29-25;/h3-6,9-11,13-14H,7-8,12,27H2,1-2H3,(H,28,29);1H. The summed E-state index contributed by atoms with van der Waals surface area (Å²) in [6.07, 6.45) is 1.43. The van der Waals surface area contributed by atoms with Crippen LogP contribution in [0.3, 0.4) is 0 Å². The molecule has 0 aliphatic carbocycles. The first-order chi connectivity index (χ1) is 15.0. The number of H-pyrrole nitrogens is 1. The Morgan fingerprint density at radius 3 is 2.69 bits per heavy atom. The fourth-order valence-corrected chi connectivity index (χ4v) is 4.15. The number of nitrogens with two attached hydrogens (primary N) is 1. The second-order valence-electron chi connectivity index (χ2n) is 8.21. The maximum atomic E-state index is 6.37. The molecule has 7 heteroatoms. The van der Waals surface area contributed by atoms with Gasteiger partial charge in [-0.2, -0.15) is 0 Å². The van der Waals surface area contributed by atoms with Gasteiger partial charge in [-0.05, 0) is 61.0 Å². The first kappa shape index (κ1) is 22.5. The molecule has 0 radical (unpaired) electrons. The molecule has 0 bridgehead atoms. The molecule has 3 heterocycles. The summed E-state index contributed by atoms with van der Waals surface area (Å²) in [5.74, 6) is 3.50. The number of aromatic amines is 1. The summed E-state index contributed by atoms with van der Waals surface area (Å²) in [6.45, 7) is 4.85. The second-order valence-corrected chi connectivity index (χ2v) is 8.64. The van der Waals surface area contributed by atoms with Gasteiger partial charge in [-0.25, -0.2) is 4.98 Å². The number of nitrogens with one attached hydrogen (secondary N) is 1. The van der Waals surface area contributed by atoms with Crippen molar-refractivity contribution in [1.29, 1.82) is 0 Å². The zero-order valence-electron chi connectivity index (χ0n) is 17.9. The molecule has 0 amide bonds. The largest absolute Gasteiger partial charge is 0.461 e. The second kappa shape index (κ2) is 9.02. The van der Waals surface area contributed by atoms with Gasteiger partial charge in [-0.15, -0.1) is 12.4 Å². The molecule has 3 N–H and O–H groups in total. The predicted octanol–water partition coefficient (Wildman–Crippen LogP) is 6.86. The number of rotatable bonds is 6. The van der Waals surface area contributed by atoms with Gasteiger partial charge in [0.15, 0.2) is 11.6 Å². The van der Waals surface area contributed by atoms with Crippen LogP contribution in [0.15, 0.2) is 57.4 Å². The Kier molecular flexibility index (Phi) is 6.33. The van der Waals surface area contributed by atoms with E-state index in [4.69, 9.17) is 26.2 Å². The summed E-state index contributed by atoms with van der Waals surface area (Å²) in [4.78, 5) is 8.03. The van der Waals surface area contributed by atoms with Crippen LogP contribution in [0.25, 0.3) is 33.6 Å². The normalized spacial score (nSPS) is 11.5. The number of hydrogen-bond acceptors (Lipinski definition) is 4. The fraction of sp³-hybridized carbons (Fsp3) is 0.240.